The smallest absolute Gasteiger partial charge is 0.359 e. The molecule has 14 nitrogen and oxygen atoms in total. The van der Waals surface area contributed by atoms with Gasteiger partial charge in [0.1, 0.15) is 16.9 Å². The molecule has 1 fully saturated rings. The van der Waals surface area contributed by atoms with Gasteiger partial charge in [0.05, 0.1) is 35.9 Å². The van der Waals surface area contributed by atoms with Gasteiger partial charge < -0.3 is 24.3 Å². The van der Waals surface area contributed by atoms with Crippen molar-refractivity contribution < 1.29 is 32.8 Å². The number of rotatable bonds is 12. The third-order valence-electron chi connectivity index (χ3n) is 6.30. The fourth-order valence-corrected chi connectivity index (χ4v) is 5.51. The molecule has 16 heteroatoms. The number of fused-ring (bicyclic) bond motifs is 1. The Labute approximate surface area is 234 Å². The summed E-state index contributed by atoms with van der Waals surface area (Å²) in [5.74, 6) is -0.378. The van der Waals surface area contributed by atoms with E-state index in [1.807, 2.05) is 6.92 Å². The number of aromatic nitrogens is 4. The van der Waals surface area contributed by atoms with E-state index in [-0.39, 0.29) is 17.6 Å². The van der Waals surface area contributed by atoms with Gasteiger partial charge in [-0.05, 0) is 45.2 Å². The number of carbonyl (C=O) groups excluding carboxylic acids is 1. The van der Waals surface area contributed by atoms with Crippen molar-refractivity contribution in [3.8, 4) is 0 Å². The quantitative estimate of drug-likeness (QED) is 0.0756. The number of nitrogens with zero attached hydrogens (tertiary/aromatic N) is 5. The van der Waals surface area contributed by atoms with Gasteiger partial charge >= 0.3 is 13.6 Å². The third-order valence-corrected chi connectivity index (χ3v) is 8.62. The maximum atomic E-state index is 13.0. The average molecular weight is 594 g/mol. The van der Waals surface area contributed by atoms with E-state index in [2.05, 4.69) is 22.1 Å². The SMILES string of the molecule is [CH2]OP(=O)(COC1(Cn2cnc3c(Sc4ccc([N+](=O)[O-])cc4)nc(N)nc32)CC1C)OCOC(=O)C(C)(C)C. The van der Waals surface area contributed by atoms with E-state index in [4.69, 9.17) is 24.3 Å². The highest BCUT2D eigenvalue weighted by molar-refractivity contribution is 7.99. The van der Waals surface area contributed by atoms with Crippen LogP contribution in [0.3, 0.4) is 0 Å². The van der Waals surface area contributed by atoms with Gasteiger partial charge in [-0.1, -0.05) is 18.7 Å². The van der Waals surface area contributed by atoms with Crippen LogP contribution in [0.25, 0.3) is 11.2 Å². The van der Waals surface area contributed by atoms with Crippen LogP contribution in [0.4, 0.5) is 11.6 Å². The maximum Gasteiger partial charge on any atom is 0.359 e. The summed E-state index contributed by atoms with van der Waals surface area (Å²) in [6, 6.07) is 6.05. The van der Waals surface area contributed by atoms with E-state index >= 15 is 0 Å². The normalized spacial score (nSPS) is 20.3. The van der Waals surface area contributed by atoms with Crippen LogP contribution in [0.2, 0.25) is 0 Å². The minimum atomic E-state index is -3.82. The van der Waals surface area contributed by atoms with Crippen molar-refractivity contribution in [3.05, 3.63) is 47.8 Å². The minimum absolute atomic E-state index is 0.0186. The van der Waals surface area contributed by atoms with Gasteiger partial charge in [0, 0.05) is 17.0 Å². The lowest BCUT2D eigenvalue weighted by atomic mass is 9.98. The summed E-state index contributed by atoms with van der Waals surface area (Å²) < 4.78 is 35.9. The van der Waals surface area contributed by atoms with E-state index in [1.165, 1.54) is 23.9 Å². The molecular formula is C24H30N6O8PS. The van der Waals surface area contributed by atoms with E-state index in [0.29, 0.717) is 34.1 Å². The van der Waals surface area contributed by atoms with Crippen molar-refractivity contribution in [1.29, 1.82) is 0 Å². The molecule has 0 aliphatic heterocycles. The highest BCUT2D eigenvalue weighted by Crippen LogP contribution is 2.54. The molecule has 0 saturated heterocycles. The molecule has 1 aliphatic carbocycles. The summed E-state index contributed by atoms with van der Waals surface area (Å²) in [6.45, 7) is 6.79. The second kappa shape index (κ2) is 11.4. The molecule has 0 bridgehead atoms. The lowest BCUT2D eigenvalue weighted by Gasteiger charge is -2.23. The number of nitro benzene ring substituents is 1. The fraction of sp³-hybridized carbons (Fsp3) is 0.458. The first kappa shape index (κ1) is 29.9. The number of nitrogen functional groups attached to an aromatic ring is 1. The highest BCUT2D eigenvalue weighted by atomic mass is 32.2. The van der Waals surface area contributed by atoms with Crippen LogP contribution in [-0.2, 0) is 34.4 Å². The maximum absolute atomic E-state index is 13.0. The lowest BCUT2D eigenvalue weighted by Crippen LogP contribution is -2.26. The molecule has 1 radical (unpaired) electrons. The van der Waals surface area contributed by atoms with Crippen molar-refractivity contribution in [2.75, 3.05) is 18.9 Å². The fourth-order valence-electron chi connectivity index (χ4n) is 3.78. The topological polar surface area (TPSA) is 184 Å². The molecule has 2 N–H and O–H groups in total. The minimum Gasteiger partial charge on any atom is -0.438 e. The molecule has 0 spiro atoms. The van der Waals surface area contributed by atoms with Gasteiger partial charge in [-0.25, -0.2) is 9.97 Å². The first-order valence-electron chi connectivity index (χ1n) is 12.1. The number of benzene rings is 1. The summed E-state index contributed by atoms with van der Waals surface area (Å²) in [5.41, 5.74) is 5.49. The van der Waals surface area contributed by atoms with Crippen LogP contribution in [0, 0.1) is 28.6 Å². The molecule has 2 aromatic heterocycles. The summed E-state index contributed by atoms with van der Waals surface area (Å²) in [4.78, 5) is 36.3. The summed E-state index contributed by atoms with van der Waals surface area (Å²) in [5, 5.41) is 11.4. The second-order valence-corrected chi connectivity index (χ2v) is 13.5. The molecule has 1 saturated carbocycles. The molecule has 4 rings (SSSR count). The van der Waals surface area contributed by atoms with Crippen molar-refractivity contribution in [3.63, 3.8) is 0 Å². The third kappa shape index (κ3) is 6.78. The first-order chi connectivity index (χ1) is 18.7. The van der Waals surface area contributed by atoms with Gasteiger partial charge in [0.25, 0.3) is 5.69 Å². The number of nitrogens with two attached hydrogens (primary N) is 1. The molecule has 2 heterocycles. The van der Waals surface area contributed by atoms with Crippen LogP contribution in [0.5, 0.6) is 0 Å². The number of non-ortho nitro benzene ring substituents is 1. The zero-order valence-electron chi connectivity index (χ0n) is 22.4. The van der Waals surface area contributed by atoms with Crippen molar-refractivity contribution in [2.45, 2.75) is 56.2 Å². The van der Waals surface area contributed by atoms with Gasteiger partial charge in [0.15, 0.2) is 5.65 Å². The number of hydrogen-bond donors (Lipinski definition) is 1. The molecule has 40 heavy (non-hydrogen) atoms. The molecule has 1 aromatic carbocycles. The van der Waals surface area contributed by atoms with Crippen molar-refractivity contribution in [1.82, 2.24) is 19.5 Å². The van der Waals surface area contributed by atoms with Gasteiger partial charge in [0.2, 0.25) is 12.7 Å². The molecular weight excluding hydrogens is 563 g/mol. The first-order valence-corrected chi connectivity index (χ1v) is 14.7. The van der Waals surface area contributed by atoms with Crippen LogP contribution in [0.1, 0.15) is 34.1 Å². The molecule has 1 aliphatic rings. The number of esters is 1. The zero-order chi connectivity index (χ0) is 29.3. The Morgan fingerprint density at radius 2 is 2.00 bits per heavy atom. The Hall–Kier alpha value is -3.10. The number of hydrogen-bond acceptors (Lipinski definition) is 13. The average Bonchev–Trinajstić information content (AvgIpc) is 3.35. The van der Waals surface area contributed by atoms with E-state index in [0.717, 1.165) is 0 Å². The summed E-state index contributed by atoms with van der Waals surface area (Å²) in [6.07, 6.45) is 1.85. The number of imidazole rings is 1. The van der Waals surface area contributed by atoms with Crippen molar-refractivity contribution >= 4 is 48.1 Å². The van der Waals surface area contributed by atoms with E-state index in [1.54, 1.807) is 43.8 Å². The largest absolute Gasteiger partial charge is 0.438 e. The molecule has 215 valence electrons. The standard InChI is InChI=1S/C24H30N6O8PS/c1-15-10-24(15,37-14-39(34,35-5)38-13-36-21(31)23(2,3)4)11-29-12-26-18-19(29)27-22(25)28-20(18)40-17-8-6-16(7-9-17)30(32)33/h6-9,12,15H,5,10-11,13-14H2,1-4H3,(H2,25,27,28). The number of anilines is 1. The predicted molar refractivity (Wildman–Crippen MR) is 145 cm³/mol. The van der Waals surface area contributed by atoms with Crippen LogP contribution >= 0.6 is 19.4 Å². The lowest BCUT2D eigenvalue weighted by molar-refractivity contribution is -0.384. The Bertz CT molecular complexity index is 1460. The van der Waals surface area contributed by atoms with E-state index < -0.39 is 42.6 Å². The molecule has 3 aromatic rings. The van der Waals surface area contributed by atoms with Gasteiger partial charge in [-0.3, -0.25) is 24.0 Å². The van der Waals surface area contributed by atoms with Crippen LogP contribution in [-0.4, -0.2) is 49.2 Å². The zero-order valence-corrected chi connectivity index (χ0v) is 24.1. The number of ether oxygens (including phenoxy) is 2. The van der Waals surface area contributed by atoms with Crippen LogP contribution < -0.4 is 5.73 Å². The van der Waals surface area contributed by atoms with E-state index in [9.17, 15) is 19.5 Å². The van der Waals surface area contributed by atoms with Crippen molar-refractivity contribution in [2.24, 2.45) is 11.3 Å². The second-order valence-electron chi connectivity index (χ2n) is 10.4. The monoisotopic (exact) mass is 593 g/mol. The highest BCUT2D eigenvalue weighted by Gasteiger charge is 2.54. The molecule has 0 amide bonds. The molecule has 3 atom stereocenters. The van der Waals surface area contributed by atoms with Crippen LogP contribution in [0.15, 0.2) is 40.5 Å². The summed E-state index contributed by atoms with van der Waals surface area (Å²) >= 11 is 1.25. The predicted octanol–water partition coefficient (Wildman–Crippen LogP) is 4.79. The van der Waals surface area contributed by atoms with Gasteiger partial charge in [-0.15, -0.1) is 0 Å². The Morgan fingerprint density at radius 1 is 1.32 bits per heavy atom. The number of nitro groups is 1. The Morgan fingerprint density at radius 3 is 2.58 bits per heavy atom. The Kier molecular flexibility index (Phi) is 8.52. The Balaban J connectivity index is 1.46. The number of carbonyl (C=O) groups is 1. The van der Waals surface area contributed by atoms with Gasteiger partial charge in [-0.2, -0.15) is 4.98 Å². The summed E-state index contributed by atoms with van der Waals surface area (Å²) in [7, 11) is -0.583. The molecule has 3 unspecified atom stereocenters.